The summed E-state index contributed by atoms with van der Waals surface area (Å²) >= 11 is 0. The van der Waals surface area contributed by atoms with Gasteiger partial charge in [-0.15, -0.1) is 0 Å². The number of carbonyl (C=O) groups is 3. The average Bonchev–Trinajstić information content (AvgIpc) is 3.34. The summed E-state index contributed by atoms with van der Waals surface area (Å²) < 4.78 is 10.3. The van der Waals surface area contributed by atoms with Gasteiger partial charge in [0, 0.05) is 26.7 Å². The van der Waals surface area contributed by atoms with E-state index < -0.39 is 11.6 Å². The number of rotatable bonds is 17. The van der Waals surface area contributed by atoms with Gasteiger partial charge in [0.2, 0.25) is 17.7 Å². The van der Waals surface area contributed by atoms with E-state index in [1.165, 1.54) is 7.11 Å². The summed E-state index contributed by atoms with van der Waals surface area (Å²) in [5.41, 5.74) is 1.20. The lowest BCUT2D eigenvalue weighted by Gasteiger charge is -2.36. The van der Waals surface area contributed by atoms with Crippen molar-refractivity contribution in [1.29, 1.82) is 0 Å². The molecular weight excluding hydrogens is 568 g/mol. The molecule has 0 spiro atoms. The monoisotopic (exact) mass is 624 g/mol. The first-order chi connectivity index (χ1) is 21.6. The van der Waals surface area contributed by atoms with Gasteiger partial charge in [0.05, 0.1) is 7.11 Å². The quantitative estimate of drug-likeness (QED) is 0.220. The predicted molar refractivity (Wildman–Crippen MR) is 180 cm³/mol. The summed E-state index contributed by atoms with van der Waals surface area (Å²) in [4.78, 5) is 41.8. The first kappa shape index (κ1) is 37.8. The molecule has 9 heteroatoms. The van der Waals surface area contributed by atoms with E-state index in [9.17, 15) is 14.4 Å². The van der Waals surface area contributed by atoms with Crippen LogP contribution in [0.5, 0.6) is 5.75 Å². The molecule has 3 amide bonds. The molecule has 3 N–H and O–H groups in total. The van der Waals surface area contributed by atoms with Crippen molar-refractivity contribution < 1.29 is 23.9 Å². The maximum atomic E-state index is 14.0. The van der Waals surface area contributed by atoms with Crippen molar-refractivity contribution in [3.05, 3.63) is 65.7 Å². The van der Waals surface area contributed by atoms with E-state index >= 15 is 0 Å². The molecule has 0 unspecified atom stereocenters. The maximum Gasteiger partial charge on any atom is 0.249 e. The number of hydrogen-bond acceptors (Lipinski definition) is 6. The third-order valence-corrected chi connectivity index (χ3v) is 8.00. The van der Waals surface area contributed by atoms with Gasteiger partial charge in [0.15, 0.2) is 0 Å². The lowest BCUT2D eigenvalue weighted by molar-refractivity contribution is -0.144. The zero-order valence-electron chi connectivity index (χ0n) is 28.5. The molecule has 1 aliphatic rings. The molecule has 250 valence electrons. The summed E-state index contributed by atoms with van der Waals surface area (Å²) in [6.45, 7) is 12.7. The number of nitrogens with one attached hydrogen (secondary N) is 3. The Hall–Kier alpha value is -3.43. The van der Waals surface area contributed by atoms with Gasteiger partial charge in [-0.1, -0.05) is 83.5 Å². The predicted octanol–water partition coefficient (Wildman–Crippen LogP) is 4.73. The second-order valence-corrected chi connectivity index (χ2v) is 12.5. The van der Waals surface area contributed by atoms with Gasteiger partial charge in [-0.05, 0) is 67.3 Å². The van der Waals surface area contributed by atoms with E-state index in [0.29, 0.717) is 38.9 Å². The second kappa shape index (κ2) is 19.9. The minimum Gasteiger partial charge on any atom is -0.497 e. The molecule has 0 saturated carbocycles. The number of hydrogen-bond donors (Lipinski definition) is 3. The van der Waals surface area contributed by atoms with Gasteiger partial charge in [0.25, 0.3) is 0 Å². The van der Waals surface area contributed by atoms with Crippen LogP contribution in [0.3, 0.4) is 0 Å². The molecule has 45 heavy (non-hydrogen) atoms. The SMILES string of the molecule is CC(C)C.CC[C@H](C)[C@@]1(NC(=O)COC)CCN([C@@H](CCc2ccccc2)C(=O)NCCCNCc2cccc(OC)c2)C1=O. The molecule has 0 aliphatic carbocycles. The van der Waals surface area contributed by atoms with Gasteiger partial charge in [-0.2, -0.15) is 0 Å². The third-order valence-electron chi connectivity index (χ3n) is 8.00. The standard InChI is InChI=1S/C32H46N4O5.C4H10/c1-5-24(2)32(35-29(37)23-40-3)17-20-36(31(32)39)28(16-15-25-11-7-6-8-12-25)30(38)34-19-10-18-33-22-26-13-9-14-27(21-26)41-4;1-4(2)3/h6-9,11-14,21,24,28,33H,5,10,15-20,22-23H2,1-4H3,(H,34,38)(H,35,37);4H,1-3H3/t24-,28-,32-;/m0./s1. The van der Waals surface area contributed by atoms with Crippen LogP contribution in [0.15, 0.2) is 54.6 Å². The minimum absolute atomic E-state index is 0.0886. The van der Waals surface area contributed by atoms with Crippen molar-refractivity contribution in [2.75, 3.05) is 40.5 Å². The zero-order valence-corrected chi connectivity index (χ0v) is 28.5. The van der Waals surface area contributed by atoms with Crippen molar-refractivity contribution in [3.8, 4) is 5.75 Å². The third kappa shape index (κ3) is 12.1. The van der Waals surface area contributed by atoms with Crippen LogP contribution in [-0.2, 0) is 32.1 Å². The van der Waals surface area contributed by atoms with Crippen LogP contribution in [0.4, 0.5) is 0 Å². The van der Waals surface area contributed by atoms with Crippen molar-refractivity contribution in [2.45, 2.75) is 84.8 Å². The Bertz CT molecular complexity index is 1170. The maximum absolute atomic E-state index is 14.0. The van der Waals surface area contributed by atoms with Gasteiger partial charge in [-0.3, -0.25) is 14.4 Å². The Morgan fingerprint density at radius 3 is 2.31 bits per heavy atom. The molecule has 1 heterocycles. The van der Waals surface area contributed by atoms with E-state index in [0.717, 1.165) is 42.2 Å². The second-order valence-electron chi connectivity index (χ2n) is 12.5. The molecule has 3 atom stereocenters. The first-order valence-electron chi connectivity index (χ1n) is 16.3. The van der Waals surface area contributed by atoms with Crippen LogP contribution in [0.25, 0.3) is 0 Å². The van der Waals surface area contributed by atoms with E-state index in [-0.39, 0.29) is 30.2 Å². The number of methoxy groups -OCH3 is 2. The highest BCUT2D eigenvalue weighted by Gasteiger charge is 2.53. The van der Waals surface area contributed by atoms with Crippen LogP contribution in [0.2, 0.25) is 0 Å². The van der Waals surface area contributed by atoms with Crippen LogP contribution in [-0.4, -0.2) is 74.7 Å². The Morgan fingerprint density at radius 2 is 1.67 bits per heavy atom. The van der Waals surface area contributed by atoms with Gasteiger partial charge in [-0.25, -0.2) is 0 Å². The Balaban J connectivity index is 0.00000166. The average molecular weight is 625 g/mol. The highest BCUT2D eigenvalue weighted by atomic mass is 16.5. The highest BCUT2D eigenvalue weighted by molar-refractivity contribution is 5.97. The summed E-state index contributed by atoms with van der Waals surface area (Å²) in [6, 6.07) is 17.3. The fraction of sp³-hybridized carbons (Fsp3) is 0.583. The van der Waals surface area contributed by atoms with E-state index in [1.54, 1.807) is 12.0 Å². The summed E-state index contributed by atoms with van der Waals surface area (Å²) in [5, 5.41) is 9.44. The normalized spacial score (nSPS) is 17.3. The van der Waals surface area contributed by atoms with Crippen LogP contribution < -0.4 is 20.7 Å². The lowest BCUT2D eigenvalue weighted by atomic mass is 9.81. The molecule has 1 fully saturated rings. The Labute approximate surface area is 270 Å². The van der Waals surface area contributed by atoms with Crippen molar-refractivity contribution in [2.24, 2.45) is 11.8 Å². The smallest absolute Gasteiger partial charge is 0.249 e. The van der Waals surface area contributed by atoms with Crippen molar-refractivity contribution >= 4 is 17.7 Å². The molecule has 1 saturated heterocycles. The number of carbonyl (C=O) groups excluding carboxylic acids is 3. The minimum atomic E-state index is -1.04. The topological polar surface area (TPSA) is 109 Å². The molecule has 9 nitrogen and oxygen atoms in total. The number of aryl methyl sites for hydroxylation is 1. The summed E-state index contributed by atoms with van der Waals surface area (Å²) in [5.74, 6) is 0.893. The van der Waals surface area contributed by atoms with Crippen molar-refractivity contribution in [3.63, 3.8) is 0 Å². The van der Waals surface area contributed by atoms with Gasteiger partial charge >= 0.3 is 0 Å². The van der Waals surface area contributed by atoms with Crippen LogP contribution >= 0.6 is 0 Å². The van der Waals surface area contributed by atoms with E-state index in [2.05, 4.69) is 36.7 Å². The van der Waals surface area contributed by atoms with E-state index in [4.69, 9.17) is 9.47 Å². The lowest BCUT2D eigenvalue weighted by Crippen LogP contribution is -2.60. The van der Waals surface area contributed by atoms with Crippen LogP contribution in [0, 0.1) is 11.8 Å². The number of likely N-dealkylation sites (tertiary alicyclic amines) is 1. The molecular formula is C36H56N4O5. The molecule has 3 rings (SSSR count). The first-order valence-corrected chi connectivity index (χ1v) is 16.3. The summed E-state index contributed by atoms with van der Waals surface area (Å²) in [6.07, 6.45) is 3.09. The fourth-order valence-corrected chi connectivity index (χ4v) is 5.45. The molecule has 0 bridgehead atoms. The molecule has 0 aromatic heterocycles. The van der Waals surface area contributed by atoms with Gasteiger partial charge < -0.3 is 30.3 Å². The number of benzene rings is 2. The molecule has 2 aromatic carbocycles. The number of amides is 3. The molecule has 1 aliphatic heterocycles. The zero-order chi connectivity index (χ0) is 33.2. The number of nitrogens with zero attached hydrogens (tertiary/aromatic N) is 1. The Morgan fingerprint density at radius 1 is 0.978 bits per heavy atom. The number of ether oxygens (including phenoxy) is 2. The van der Waals surface area contributed by atoms with Gasteiger partial charge in [0.1, 0.15) is 23.9 Å². The van der Waals surface area contributed by atoms with Crippen molar-refractivity contribution in [1.82, 2.24) is 20.9 Å². The highest BCUT2D eigenvalue weighted by Crippen LogP contribution is 2.34. The molecule has 2 aromatic rings. The van der Waals surface area contributed by atoms with E-state index in [1.807, 2.05) is 68.4 Å². The van der Waals surface area contributed by atoms with Crippen LogP contribution in [0.1, 0.15) is 71.4 Å². The molecule has 0 radical (unpaired) electrons. The summed E-state index contributed by atoms with van der Waals surface area (Å²) in [7, 11) is 3.11. The largest absolute Gasteiger partial charge is 0.497 e. The fourth-order valence-electron chi connectivity index (χ4n) is 5.45. The Kier molecular flexibility index (Phi) is 16.7.